The Morgan fingerprint density at radius 2 is 1.52 bits per heavy atom. The molecule has 0 aliphatic rings. The Hall–Kier alpha value is -4.65. The summed E-state index contributed by atoms with van der Waals surface area (Å²) in [5.74, 6) is -0.657. The highest BCUT2D eigenvalue weighted by Gasteiger charge is 2.37. The van der Waals surface area contributed by atoms with Crippen molar-refractivity contribution in [3.8, 4) is 0 Å². The Morgan fingerprint density at radius 1 is 0.826 bits per heavy atom. The van der Waals surface area contributed by atoms with Crippen molar-refractivity contribution in [1.82, 2.24) is 10.2 Å². The summed E-state index contributed by atoms with van der Waals surface area (Å²) in [6.45, 7) is 11.7. The van der Waals surface area contributed by atoms with Crippen LogP contribution >= 0.6 is 0 Å². The Morgan fingerprint density at radius 3 is 2.22 bits per heavy atom. The van der Waals surface area contributed by atoms with Gasteiger partial charge in [-0.05, 0) is 80.6 Å². The Kier molecular flexibility index (Phi) is 11.6. The lowest BCUT2D eigenvalue weighted by molar-refractivity contribution is -0.140. The molecule has 2 atom stereocenters. The van der Waals surface area contributed by atoms with Crippen molar-refractivity contribution in [2.24, 2.45) is 0 Å². The zero-order chi connectivity index (χ0) is 33.3. The molecule has 0 aromatic heterocycles. The van der Waals surface area contributed by atoms with Crippen LogP contribution in [-0.2, 0) is 20.7 Å². The number of anilines is 1. The fourth-order valence-corrected chi connectivity index (χ4v) is 5.58. The quantitative estimate of drug-likeness (QED) is 0.156. The molecule has 4 aromatic rings. The van der Waals surface area contributed by atoms with Gasteiger partial charge in [0.15, 0.2) is 0 Å². The van der Waals surface area contributed by atoms with Gasteiger partial charge in [-0.25, -0.2) is 4.79 Å². The second-order valence-electron chi connectivity index (χ2n) is 12.9. The molecule has 2 N–H and O–H groups in total. The lowest BCUT2D eigenvalue weighted by Crippen LogP contribution is -2.53. The Balaban J connectivity index is 1.78. The van der Waals surface area contributed by atoms with Gasteiger partial charge in [0.25, 0.3) is 5.91 Å². The molecule has 4 rings (SSSR count). The fraction of sp³-hybridized carbons (Fsp3) is 0.359. The van der Waals surface area contributed by atoms with Gasteiger partial charge in [-0.15, -0.1) is 0 Å². The highest BCUT2D eigenvalue weighted by atomic mass is 16.6. The van der Waals surface area contributed by atoms with Gasteiger partial charge in [0, 0.05) is 18.7 Å². The zero-order valence-corrected chi connectivity index (χ0v) is 27.9. The monoisotopic (exact) mass is 621 g/mol. The first-order valence-corrected chi connectivity index (χ1v) is 16.2. The van der Waals surface area contributed by atoms with Crippen molar-refractivity contribution < 1.29 is 19.1 Å². The van der Waals surface area contributed by atoms with E-state index in [1.54, 1.807) is 25.7 Å². The van der Waals surface area contributed by atoms with E-state index in [2.05, 4.69) is 17.6 Å². The number of benzene rings is 4. The summed E-state index contributed by atoms with van der Waals surface area (Å²) in [6.07, 6.45) is 2.10. The van der Waals surface area contributed by atoms with E-state index in [0.717, 1.165) is 45.9 Å². The van der Waals surface area contributed by atoms with Gasteiger partial charge in [-0.3, -0.25) is 9.59 Å². The molecule has 3 amide bonds. The number of nitrogens with one attached hydrogen (secondary N) is 2. The van der Waals surface area contributed by atoms with Crippen molar-refractivity contribution in [2.75, 3.05) is 11.9 Å². The zero-order valence-electron chi connectivity index (χ0n) is 27.9. The van der Waals surface area contributed by atoms with Crippen LogP contribution in [0.25, 0.3) is 10.8 Å². The number of alkyl carbamates (subject to hydrolysis) is 1. The maximum Gasteiger partial charge on any atom is 0.408 e. The average Bonchev–Trinajstić information content (AvgIpc) is 3.01. The van der Waals surface area contributed by atoms with Crippen LogP contribution in [0, 0.1) is 13.8 Å². The first kappa shape index (κ1) is 34.2. The fourth-order valence-electron chi connectivity index (χ4n) is 5.58. The van der Waals surface area contributed by atoms with Crippen molar-refractivity contribution >= 4 is 34.4 Å². The number of carbonyl (C=O) groups is 3. The molecular weight excluding hydrogens is 574 g/mol. The largest absolute Gasteiger partial charge is 0.444 e. The van der Waals surface area contributed by atoms with E-state index in [4.69, 9.17) is 4.74 Å². The third-order valence-corrected chi connectivity index (χ3v) is 7.86. The van der Waals surface area contributed by atoms with Crippen molar-refractivity contribution in [2.45, 2.75) is 84.9 Å². The molecule has 0 fully saturated rings. The summed E-state index contributed by atoms with van der Waals surface area (Å²) >= 11 is 0. The third-order valence-electron chi connectivity index (χ3n) is 7.86. The van der Waals surface area contributed by atoms with Gasteiger partial charge in [0.2, 0.25) is 5.91 Å². The number of fused-ring (bicyclic) bond motifs is 1. The molecule has 7 heteroatoms. The molecule has 242 valence electrons. The van der Waals surface area contributed by atoms with E-state index in [-0.39, 0.29) is 18.2 Å². The summed E-state index contributed by atoms with van der Waals surface area (Å²) in [7, 11) is 0. The molecule has 0 aliphatic carbocycles. The summed E-state index contributed by atoms with van der Waals surface area (Å²) in [5.41, 5.74) is 3.42. The molecule has 4 aromatic carbocycles. The first-order valence-electron chi connectivity index (χ1n) is 16.2. The molecule has 46 heavy (non-hydrogen) atoms. The van der Waals surface area contributed by atoms with E-state index in [9.17, 15) is 14.4 Å². The number of amides is 3. The van der Waals surface area contributed by atoms with E-state index in [1.165, 1.54) is 0 Å². The van der Waals surface area contributed by atoms with Gasteiger partial charge in [-0.1, -0.05) is 104 Å². The van der Waals surface area contributed by atoms with Gasteiger partial charge in [0.05, 0.1) is 0 Å². The molecule has 0 heterocycles. The summed E-state index contributed by atoms with van der Waals surface area (Å²) in [5, 5.41) is 8.04. The minimum absolute atomic E-state index is 0.245. The average molecular weight is 622 g/mol. The molecule has 0 radical (unpaired) electrons. The van der Waals surface area contributed by atoms with Crippen LogP contribution < -0.4 is 10.6 Å². The predicted octanol–water partition coefficient (Wildman–Crippen LogP) is 8.29. The van der Waals surface area contributed by atoms with Gasteiger partial charge >= 0.3 is 6.09 Å². The lowest BCUT2D eigenvalue weighted by Gasteiger charge is -2.35. The summed E-state index contributed by atoms with van der Waals surface area (Å²) in [6, 6.07) is 27.4. The van der Waals surface area contributed by atoms with Gasteiger partial charge in [-0.2, -0.15) is 0 Å². The van der Waals surface area contributed by atoms with E-state index < -0.39 is 23.8 Å². The number of nitrogens with zero attached hydrogens (tertiary/aromatic N) is 1. The minimum Gasteiger partial charge on any atom is -0.444 e. The van der Waals surface area contributed by atoms with Crippen molar-refractivity contribution in [1.29, 1.82) is 0 Å². The lowest BCUT2D eigenvalue weighted by atomic mass is 9.95. The maximum atomic E-state index is 14.8. The van der Waals surface area contributed by atoms with Crippen molar-refractivity contribution in [3.63, 3.8) is 0 Å². The van der Waals surface area contributed by atoms with Crippen LogP contribution in [0.3, 0.4) is 0 Å². The highest BCUT2D eigenvalue weighted by Crippen LogP contribution is 2.30. The molecular formula is C39H47N3O4. The van der Waals surface area contributed by atoms with Gasteiger partial charge in [0.1, 0.15) is 17.7 Å². The summed E-state index contributed by atoms with van der Waals surface area (Å²) in [4.78, 5) is 44.0. The van der Waals surface area contributed by atoms with Crippen LogP contribution in [0.4, 0.5) is 10.5 Å². The van der Waals surface area contributed by atoms with Gasteiger partial charge < -0.3 is 20.3 Å². The second-order valence-corrected chi connectivity index (χ2v) is 12.9. The van der Waals surface area contributed by atoms with Crippen LogP contribution in [0.5, 0.6) is 0 Å². The smallest absolute Gasteiger partial charge is 0.408 e. The van der Waals surface area contributed by atoms with Crippen LogP contribution in [0.2, 0.25) is 0 Å². The van der Waals surface area contributed by atoms with Crippen LogP contribution in [0.1, 0.15) is 75.3 Å². The molecule has 0 saturated heterocycles. The molecule has 0 saturated carbocycles. The van der Waals surface area contributed by atoms with E-state index in [1.807, 2.05) is 105 Å². The summed E-state index contributed by atoms with van der Waals surface area (Å²) < 4.78 is 5.58. The maximum absolute atomic E-state index is 14.8. The standard InChI is InChI=1S/C39H47N3O4/c1-7-8-14-23-42(37(44)34(25-29-15-10-9-11-16-29)41-38(45)46-39(4,5)6)35(33-24-27(2)19-20-28(33)3)36(43)40-32-22-21-30-17-12-13-18-31(30)26-32/h9-13,15-22,24,26,34-35H,7-8,14,23,25H2,1-6H3,(H,40,43)(H,41,45). The molecule has 0 bridgehead atoms. The number of aryl methyl sites for hydroxylation is 2. The molecule has 7 nitrogen and oxygen atoms in total. The molecule has 2 unspecified atom stereocenters. The molecule has 0 spiro atoms. The molecule has 0 aliphatic heterocycles. The number of carbonyl (C=O) groups excluding carboxylic acids is 3. The number of hydrogen-bond acceptors (Lipinski definition) is 4. The number of rotatable bonds is 12. The minimum atomic E-state index is -0.958. The van der Waals surface area contributed by atoms with Crippen molar-refractivity contribution in [3.05, 3.63) is 113 Å². The Bertz CT molecular complexity index is 1640. The number of unbranched alkanes of at least 4 members (excludes halogenated alkanes) is 2. The number of hydrogen-bond donors (Lipinski definition) is 2. The predicted molar refractivity (Wildman–Crippen MR) is 186 cm³/mol. The normalized spacial score (nSPS) is 12.7. The van der Waals surface area contributed by atoms with Crippen LogP contribution in [-0.4, -0.2) is 41.0 Å². The highest BCUT2D eigenvalue weighted by molar-refractivity contribution is 6.00. The van der Waals surface area contributed by atoms with E-state index in [0.29, 0.717) is 18.7 Å². The van der Waals surface area contributed by atoms with E-state index >= 15 is 0 Å². The SMILES string of the molecule is CCCCCN(C(=O)C(Cc1ccccc1)NC(=O)OC(C)(C)C)C(C(=O)Nc1ccc2ccccc2c1)c1cc(C)ccc1C. The first-order chi connectivity index (χ1) is 21.9. The number of ether oxygens (including phenoxy) is 1. The third kappa shape index (κ3) is 9.43. The Labute approximate surface area is 273 Å². The second kappa shape index (κ2) is 15.6. The topological polar surface area (TPSA) is 87.7 Å². The van der Waals surface area contributed by atoms with Crippen LogP contribution in [0.15, 0.2) is 91.0 Å².